The van der Waals surface area contributed by atoms with E-state index in [0.29, 0.717) is 17.9 Å². The highest BCUT2D eigenvalue weighted by molar-refractivity contribution is 9.10. The zero-order valence-corrected chi connectivity index (χ0v) is 12.4. The van der Waals surface area contributed by atoms with Crippen molar-refractivity contribution in [2.24, 2.45) is 5.73 Å². The van der Waals surface area contributed by atoms with Crippen molar-refractivity contribution in [2.75, 3.05) is 0 Å². The maximum Gasteiger partial charge on any atom is 0.255 e. The van der Waals surface area contributed by atoms with Crippen molar-refractivity contribution >= 4 is 21.8 Å². The highest BCUT2D eigenvalue weighted by Gasteiger charge is 2.26. The quantitative estimate of drug-likeness (QED) is 0.906. The summed E-state index contributed by atoms with van der Waals surface area (Å²) in [5.74, 6) is 0.496. The Hall–Kier alpha value is -1.59. The van der Waals surface area contributed by atoms with Gasteiger partial charge in [-0.15, -0.1) is 0 Å². The zero-order chi connectivity index (χ0) is 14.1. The molecular weight excluding hydrogens is 320 g/mol. The van der Waals surface area contributed by atoms with E-state index in [1.54, 1.807) is 6.07 Å². The number of hydrogen-bond donors (Lipinski definition) is 2. The van der Waals surface area contributed by atoms with Gasteiger partial charge >= 0.3 is 0 Å². The molecule has 1 amide bonds. The van der Waals surface area contributed by atoms with Crippen molar-refractivity contribution in [1.82, 2.24) is 5.32 Å². The molecule has 1 unspecified atom stereocenters. The molecule has 20 heavy (non-hydrogen) atoms. The predicted molar refractivity (Wildman–Crippen MR) is 79.3 cm³/mol. The van der Waals surface area contributed by atoms with Gasteiger partial charge in [0.25, 0.3) is 5.91 Å². The first-order chi connectivity index (χ1) is 9.69. The molecule has 1 aromatic heterocycles. The Balaban J connectivity index is 1.77. The lowest BCUT2D eigenvalue weighted by atomic mass is 10.1. The second-order valence-corrected chi connectivity index (χ2v) is 5.73. The van der Waals surface area contributed by atoms with Gasteiger partial charge in [-0.25, -0.2) is 0 Å². The Kier molecular flexibility index (Phi) is 3.63. The number of fused-ring (bicyclic) bond motifs is 1. The molecule has 5 heteroatoms. The number of benzene rings is 1. The van der Waals surface area contributed by atoms with Crippen LogP contribution < -0.4 is 11.1 Å². The van der Waals surface area contributed by atoms with E-state index in [1.807, 2.05) is 12.1 Å². The van der Waals surface area contributed by atoms with Gasteiger partial charge in [-0.1, -0.05) is 28.1 Å². The highest BCUT2D eigenvalue weighted by atomic mass is 79.9. The van der Waals surface area contributed by atoms with Crippen molar-refractivity contribution in [3.05, 3.63) is 57.5 Å². The number of amides is 1. The monoisotopic (exact) mass is 334 g/mol. The third-order valence-corrected chi connectivity index (χ3v) is 4.38. The Labute approximate surface area is 125 Å². The number of hydrogen-bond acceptors (Lipinski definition) is 3. The summed E-state index contributed by atoms with van der Waals surface area (Å²) in [5.41, 5.74) is 8.47. The number of nitrogens with two attached hydrogens (primary N) is 1. The molecule has 0 saturated carbocycles. The van der Waals surface area contributed by atoms with Crippen molar-refractivity contribution in [2.45, 2.75) is 25.4 Å². The fourth-order valence-electron chi connectivity index (χ4n) is 2.61. The van der Waals surface area contributed by atoms with Crippen LogP contribution in [0.4, 0.5) is 0 Å². The SMILES string of the molecule is NCc1cc(C(=O)NC2CCc3c(Br)cccc32)co1. The summed E-state index contributed by atoms with van der Waals surface area (Å²) in [5, 5.41) is 3.06. The maximum atomic E-state index is 12.2. The summed E-state index contributed by atoms with van der Waals surface area (Å²) in [6, 6.07) is 7.85. The van der Waals surface area contributed by atoms with Gasteiger partial charge in [-0.2, -0.15) is 0 Å². The highest BCUT2D eigenvalue weighted by Crippen LogP contribution is 2.35. The number of carbonyl (C=O) groups excluding carboxylic acids is 1. The first-order valence-corrected chi connectivity index (χ1v) is 7.34. The maximum absolute atomic E-state index is 12.2. The molecule has 1 heterocycles. The van der Waals surface area contributed by atoms with Crippen LogP contribution in [-0.4, -0.2) is 5.91 Å². The van der Waals surface area contributed by atoms with Gasteiger partial charge in [0, 0.05) is 4.47 Å². The Morgan fingerprint density at radius 2 is 2.35 bits per heavy atom. The van der Waals surface area contributed by atoms with Crippen LogP contribution in [-0.2, 0) is 13.0 Å². The van der Waals surface area contributed by atoms with Crippen LogP contribution in [0.2, 0.25) is 0 Å². The number of halogens is 1. The lowest BCUT2D eigenvalue weighted by Gasteiger charge is -2.13. The van der Waals surface area contributed by atoms with Gasteiger partial charge in [0.05, 0.1) is 18.2 Å². The third-order valence-electron chi connectivity index (χ3n) is 3.64. The zero-order valence-electron chi connectivity index (χ0n) is 10.9. The van der Waals surface area contributed by atoms with Gasteiger partial charge in [0.1, 0.15) is 12.0 Å². The molecule has 104 valence electrons. The van der Waals surface area contributed by atoms with Crippen molar-refractivity contribution < 1.29 is 9.21 Å². The van der Waals surface area contributed by atoms with E-state index in [0.717, 1.165) is 17.3 Å². The summed E-state index contributed by atoms with van der Waals surface area (Å²) in [4.78, 5) is 12.2. The van der Waals surface area contributed by atoms with Gasteiger partial charge < -0.3 is 15.5 Å². The molecule has 3 rings (SSSR count). The predicted octanol–water partition coefficient (Wildman–Crippen LogP) is 2.92. The minimum atomic E-state index is -0.119. The van der Waals surface area contributed by atoms with Crippen LogP contribution in [0, 0.1) is 0 Å². The van der Waals surface area contributed by atoms with Gasteiger partial charge in [-0.05, 0) is 36.1 Å². The number of nitrogens with one attached hydrogen (secondary N) is 1. The smallest absolute Gasteiger partial charge is 0.255 e. The second-order valence-electron chi connectivity index (χ2n) is 4.88. The van der Waals surface area contributed by atoms with Crippen molar-refractivity contribution in [3.63, 3.8) is 0 Å². The van der Waals surface area contributed by atoms with E-state index in [-0.39, 0.29) is 11.9 Å². The molecule has 0 bridgehead atoms. The van der Waals surface area contributed by atoms with Crippen LogP contribution in [0.15, 0.2) is 39.4 Å². The number of carbonyl (C=O) groups is 1. The molecular formula is C15H15BrN2O2. The Morgan fingerprint density at radius 1 is 1.50 bits per heavy atom. The van der Waals surface area contributed by atoms with Crippen molar-refractivity contribution in [1.29, 1.82) is 0 Å². The first-order valence-electron chi connectivity index (χ1n) is 6.54. The van der Waals surface area contributed by atoms with E-state index < -0.39 is 0 Å². The average molecular weight is 335 g/mol. The molecule has 0 fully saturated rings. The topological polar surface area (TPSA) is 68.3 Å². The Morgan fingerprint density at radius 3 is 3.10 bits per heavy atom. The summed E-state index contributed by atoms with van der Waals surface area (Å²) in [7, 11) is 0. The van der Waals surface area contributed by atoms with E-state index in [2.05, 4.69) is 27.3 Å². The summed E-state index contributed by atoms with van der Waals surface area (Å²) in [6.07, 6.45) is 3.35. The van der Waals surface area contributed by atoms with Gasteiger partial charge in [0.2, 0.25) is 0 Å². The largest absolute Gasteiger partial charge is 0.467 e. The summed E-state index contributed by atoms with van der Waals surface area (Å²) >= 11 is 3.56. The van der Waals surface area contributed by atoms with Crippen LogP contribution in [0.3, 0.4) is 0 Å². The molecule has 1 aliphatic rings. The molecule has 4 nitrogen and oxygen atoms in total. The average Bonchev–Trinajstić information content (AvgIpc) is 3.07. The normalized spacial score (nSPS) is 17.0. The van der Waals surface area contributed by atoms with Crippen molar-refractivity contribution in [3.8, 4) is 0 Å². The molecule has 1 aromatic carbocycles. The van der Waals surface area contributed by atoms with Crippen LogP contribution in [0.5, 0.6) is 0 Å². The van der Waals surface area contributed by atoms with E-state index in [9.17, 15) is 4.79 Å². The lowest BCUT2D eigenvalue weighted by Crippen LogP contribution is -2.26. The number of furan rings is 1. The molecule has 0 aliphatic heterocycles. The van der Waals surface area contributed by atoms with Gasteiger partial charge in [0.15, 0.2) is 0 Å². The van der Waals surface area contributed by atoms with E-state index >= 15 is 0 Å². The third kappa shape index (κ3) is 2.39. The fraction of sp³-hybridized carbons (Fsp3) is 0.267. The van der Waals surface area contributed by atoms with Crippen LogP contribution in [0.1, 0.15) is 39.7 Å². The summed E-state index contributed by atoms with van der Waals surface area (Å²) in [6.45, 7) is 0.298. The molecule has 2 aromatic rings. The number of rotatable bonds is 3. The van der Waals surface area contributed by atoms with Gasteiger partial charge in [-0.3, -0.25) is 4.79 Å². The molecule has 0 radical (unpaired) electrons. The molecule has 1 atom stereocenters. The molecule has 0 spiro atoms. The van der Waals surface area contributed by atoms with E-state index in [4.69, 9.17) is 10.2 Å². The summed E-state index contributed by atoms with van der Waals surface area (Å²) < 4.78 is 6.31. The first kappa shape index (κ1) is 13.4. The standard InChI is InChI=1S/C15H15BrN2O2/c16-13-3-1-2-12-11(13)4-5-14(12)18-15(19)9-6-10(7-17)20-8-9/h1-3,6,8,14H,4-5,7,17H2,(H,18,19). The Bertz CT molecular complexity index is 651. The fourth-order valence-corrected chi connectivity index (χ4v) is 3.19. The van der Waals surface area contributed by atoms with Crippen LogP contribution >= 0.6 is 15.9 Å². The molecule has 3 N–H and O–H groups in total. The minimum absolute atomic E-state index is 0.0613. The lowest BCUT2D eigenvalue weighted by molar-refractivity contribution is 0.0936. The molecule has 0 saturated heterocycles. The van der Waals surface area contributed by atoms with Crippen LogP contribution in [0.25, 0.3) is 0 Å². The molecule has 1 aliphatic carbocycles. The minimum Gasteiger partial charge on any atom is -0.467 e. The van der Waals surface area contributed by atoms with E-state index in [1.165, 1.54) is 17.4 Å². The second kappa shape index (κ2) is 5.42.